The molecule has 68 valence electrons. The number of aliphatic carboxylic acids is 1. The van der Waals surface area contributed by atoms with Crippen molar-refractivity contribution in [3.8, 4) is 17.7 Å². The van der Waals surface area contributed by atoms with Gasteiger partial charge in [-0.1, -0.05) is 0 Å². The number of carboxylic acid groups (broad SMARTS) is 1. The van der Waals surface area contributed by atoms with Gasteiger partial charge in [0.25, 0.3) is 0 Å². The number of ether oxygens (including phenoxy) is 1. The molecule has 1 aromatic heterocycles. The minimum absolute atomic E-state index is 0.377. The summed E-state index contributed by atoms with van der Waals surface area (Å²) in [5, 5.41) is 12.2. The minimum Gasteiger partial charge on any atom is -0.481 e. The molecule has 0 saturated heterocycles. The fourth-order valence-electron chi connectivity index (χ4n) is 0.820. The number of rotatable bonds is 1. The molecule has 5 heteroatoms. The lowest BCUT2D eigenvalue weighted by molar-refractivity contribution is -0.130. The SMILES string of the molecule is COc1cc(C#CC(=O)O)nn1C. The summed E-state index contributed by atoms with van der Waals surface area (Å²) in [6.07, 6.45) is 0. The lowest BCUT2D eigenvalue weighted by atomic mass is 10.4. The number of hydrogen-bond donors (Lipinski definition) is 1. The van der Waals surface area contributed by atoms with E-state index >= 15 is 0 Å². The van der Waals surface area contributed by atoms with Gasteiger partial charge in [0.15, 0.2) is 0 Å². The van der Waals surface area contributed by atoms with E-state index in [1.165, 1.54) is 11.8 Å². The van der Waals surface area contributed by atoms with E-state index in [4.69, 9.17) is 9.84 Å². The summed E-state index contributed by atoms with van der Waals surface area (Å²) in [5.41, 5.74) is 0.377. The lowest BCUT2D eigenvalue weighted by Crippen LogP contribution is -1.94. The molecule has 1 heterocycles. The molecule has 0 amide bonds. The second-order valence-electron chi connectivity index (χ2n) is 2.25. The number of nitrogens with zero attached hydrogens (tertiary/aromatic N) is 2. The van der Waals surface area contributed by atoms with Crippen LogP contribution < -0.4 is 4.74 Å². The number of hydrogen-bond acceptors (Lipinski definition) is 3. The first kappa shape index (κ1) is 9.13. The molecule has 0 unspecified atom stereocenters. The summed E-state index contributed by atoms with van der Waals surface area (Å²) in [7, 11) is 3.19. The molecule has 1 aromatic rings. The van der Waals surface area contributed by atoms with Gasteiger partial charge >= 0.3 is 5.97 Å². The molecular weight excluding hydrogens is 172 g/mol. The highest BCUT2D eigenvalue weighted by Crippen LogP contribution is 2.09. The molecule has 13 heavy (non-hydrogen) atoms. The molecule has 0 spiro atoms. The monoisotopic (exact) mass is 180 g/mol. The van der Waals surface area contributed by atoms with E-state index in [9.17, 15) is 4.79 Å². The highest BCUT2D eigenvalue weighted by Gasteiger charge is 2.01. The molecule has 1 N–H and O–H groups in total. The van der Waals surface area contributed by atoms with Crippen LogP contribution in [0.2, 0.25) is 0 Å². The number of aryl methyl sites for hydroxylation is 1. The van der Waals surface area contributed by atoms with Gasteiger partial charge in [-0.15, -0.1) is 0 Å². The Bertz CT molecular complexity index is 384. The summed E-state index contributed by atoms with van der Waals surface area (Å²) in [5.74, 6) is 3.70. The van der Waals surface area contributed by atoms with Crippen molar-refractivity contribution in [2.45, 2.75) is 0 Å². The van der Waals surface area contributed by atoms with E-state index < -0.39 is 5.97 Å². The molecular formula is C8H8N2O3. The Hall–Kier alpha value is -1.96. The molecule has 0 aliphatic carbocycles. The molecule has 0 radical (unpaired) electrons. The molecule has 0 aliphatic heterocycles. The van der Waals surface area contributed by atoms with Crippen molar-refractivity contribution in [2.24, 2.45) is 7.05 Å². The summed E-state index contributed by atoms with van der Waals surface area (Å²) < 4.78 is 6.40. The summed E-state index contributed by atoms with van der Waals surface area (Å²) in [6, 6.07) is 1.57. The largest absolute Gasteiger partial charge is 0.481 e. The van der Waals surface area contributed by atoms with Gasteiger partial charge in [-0.25, -0.2) is 9.48 Å². The van der Waals surface area contributed by atoms with Crippen LogP contribution in [0.3, 0.4) is 0 Å². The Morgan fingerprint density at radius 2 is 2.46 bits per heavy atom. The van der Waals surface area contributed by atoms with Gasteiger partial charge < -0.3 is 9.84 Å². The minimum atomic E-state index is -1.18. The van der Waals surface area contributed by atoms with E-state index in [0.29, 0.717) is 11.6 Å². The Morgan fingerprint density at radius 1 is 1.77 bits per heavy atom. The third-order valence-corrected chi connectivity index (χ3v) is 1.34. The third kappa shape index (κ3) is 2.24. The van der Waals surface area contributed by atoms with Crippen LogP contribution in [0.5, 0.6) is 5.88 Å². The van der Waals surface area contributed by atoms with E-state index in [1.54, 1.807) is 13.1 Å². The van der Waals surface area contributed by atoms with Crippen molar-refractivity contribution < 1.29 is 14.6 Å². The average molecular weight is 180 g/mol. The van der Waals surface area contributed by atoms with Gasteiger partial charge in [-0.3, -0.25) is 0 Å². The quantitative estimate of drug-likeness (QED) is 0.611. The van der Waals surface area contributed by atoms with Crippen LogP contribution >= 0.6 is 0 Å². The molecule has 5 nitrogen and oxygen atoms in total. The Labute approximate surface area is 74.9 Å². The molecule has 0 fully saturated rings. The normalized spacial score (nSPS) is 8.77. The van der Waals surface area contributed by atoms with Crippen molar-refractivity contribution in [3.05, 3.63) is 11.8 Å². The van der Waals surface area contributed by atoms with E-state index in [-0.39, 0.29) is 0 Å². The standard InChI is InChI=1S/C8H8N2O3/c1-10-7(13-2)5-6(9-10)3-4-8(11)12/h5H,1-2H3,(H,11,12). The Kier molecular flexibility index (Phi) is 2.55. The highest BCUT2D eigenvalue weighted by molar-refractivity contribution is 5.87. The van der Waals surface area contributed by atoms with Crippen LogP contribution in [0.4, 0.5) is 0 Å². The van der Waals surface area contributed by atoms with Crippen LogP contribution in [0.15, 0.2) is 6.07 Å². The predicted octanol–water partition coefficient (Wildman–Crippen LogP) is -0.135. The number of methoxy groups -OCH3 is 1. The molecule has 1 rings (SSSR count). The van der Waals surface area contributed by atoms with Crippen LogP contribution in [0.1, 0.15) is 5.69 Å². The summed E-state index contributed by atoms with van der Waals surface area (Å²) >= 11 is 0. The zero-order chi connectivity index (χ0) is 9.84. The molecule has 0 saturated carbocycles. The fraction of sp³-hybridized carbons (Fsp3) is 0.250. The van der Waals surface area contributed by atoms with Crippen LogP contribution in [0.25, 0.3) is 0 Å². The third-order valence-electron chi connectivity index (χ3n) is 1.34. The van der Waals surface area contributed by atoms with E-state index in [0.717, 1.165) is 0 Å². The first-order chi connectivity index (χ1) is 6.13. The summed E-state index contributed by atoms with van der Waals surface area (Å²) in [4.78, 5) is 10.1. The van der Waals surface area contributed by atoms with Crippen molar-refractivity contribution in [3.63, 3.8) is 0 Å². The lowest BCUT2D eigenvalue weighted by Gasteiger charge is -1.95. The van der Waals surface area contributed by atoms with E-state index in [2.05, 4.69) is 11.0 Å². The maximum atomic E-state index is 10.1. The van der Waals surface area contributed by atoms with Crippen molar-refractivity contribution in [1.29, 1.82) is 0 Å². The first-order valence-corrected chi connectivity index (χ1v) is 3.46. The number of carboxylic acids is 1. The van der Waals surface area contributed by atoms with Crippen molar-refractivity contribution >= 4 is 5.97 Å². The second-order valence-corrected chi connectivity index (χ2v) is 2.25. The molecule has 0 aromatic carbocycles. The molecule has 0 bridgehead atoms. The van der Waals surface area contributed by atoms with Gasteiger partial charge in [-0.2, -0.15) is 5.10 Å². The van der Waals surface area contributed by atoms with E-state index in [1.807, 2.05) is 5.92 Å². The highest BCUT2D eigenvalue weighted by atomic mass is 16.5. The van der Waals surface area contributed by atoms with Crippen molar-refractivity contribution in [2.75, 3.05) is 7.11 Å². The van der Waals surface area contributed by atoms with Gasteiger partial charge in [0.1, 0.15) is 5.69 Å². The zero-order valence-electron chi connectivity index (χ0n) is 7.24. The summed E-state index contributed by atoms with van der Waals surface area (Å²) in [6.45, 7) is 0. The van der Waals surface area contributed by atoms with Crippen LogP contribution in [-0.4, -0.2) is 28.0 Å². The topological polar surface area (TPSA) is 64.3 Å². The van der Waals surface area contributed by atoms with Gasteiger partial charge in [-0.05, 0) is 5.92 Å². The Morgan fingerprint density at radius 3 is 2.92 bits per heavy atom. The van der Waals surface area contributed by atoms with Crippen LogP contribution in [-0.2, 0) is 11.8 Å². The van der Waals surface area contributed by atoms with Gasteiger partial charge in [0, 0.05) is 19.0 Å². The maximum Gasteiger partial charge on any atom is 0.382 e. The average Bonchev–Trinajstić information content (AvgIpc) is 2.43. The fourth-order valence-corrected chi connectivity index (χ4v) is 0.820. The second kappa shape index (κ2) is 3.63. The molecule has 0 atom stereocenters. The first-order valence-electron chi connectivity index (χ1n) is 3.46. The number of carbonyl (C=O) groups is 1. The van der Waals surface area contributed by atoms with Crippen molar-refractivity contribution in [1.82, 2.24) is 9.78 Å². The zero-order valence-corrected chi connectivity index (χ0v) is 7.24. The van der Waals surface area contributed by atoms with Gasteiger partial charge in [0.05, 0.1) is 7.11 Å². The van der Waals surface area contributed by atoms with Gasteiger partial charge in [0.2, 0.25) is 5.88 Å². The predicted molar refractivity (Wildman–Crippen MR) is 44.3 cm³/mol. The smallest absolute Gasteiger partial charge is 0.382 e. The van der Waals surface area contributed by atoms with Crippen LogP contribution in [0, 0.1) is 11.8 Å². The molecule has 0 aliphatic rings. The number of aromatic nitrogens is 2. The maximum absolute atomic E-state index is 10.1. The Balaban J connectivity index is 2.93.